The summed E-state index contributed by atoms with van der Waals surface area (Å²) < 4.78 is 109. The first-order valence-corrected chi connectivity index (χ1v) is 36.8. The van der Waals surface area contributed by atoms with Gasteiger partial charge in [0, 0.05) is 102 Å². The molecule has 4 aromatic carbocycles. The standard InChI is InChI=1S/C72H83N9O11S3/c1-10-80-61-30-27-55-46(4)36-53(93(84,85)86)38-57(55)67(61)71(6,7)64(80)32-25-48(26-33-65-72(8,9)68-58-39-54(94(87,88)89)40-63(95(90,91)92)56(58)28-31-62(68)81(65)11-2)59-29-24-50(41-77-59)70(83)74-34-18-14-17-23-66(82)78-42-51-37-49-21-19-35-73-69(49)79-60(51)22-16-13-12-15-20-45(3)52-43-75-47(5)76-44-52/h3,24-33,36-41,43-45H,10-23,34-35,42H2,1-2,4-9H3,(H5-,73,74,78,79,82,83,84,85,86,87,88,89,90,91,92)/p+1/t45-/m1/s1. The van der Waals surface area contributed by atoms with Crippen molar-refractivity contribution in [1.82, 2.24) is 30.6 Å². The van der Waals surface area contributed by atoms with Crippen LogP contribution in [0.2, 0.25) is 0 Å². The van der Waals surface area contributed by atoms with Gasteiger partial charge >= 0.3 is 0 Å². The Balaban J connectivity index is 0.835. The van der Waals surface area contributed by atoms with Crippen LogP contribution in [-0.4, -0.2) is 107 Å². The summed E-state index contributed by atoms with van der Waals surface area (Å²) in [5.41, 5.74) is 9.22. The molecule has 3 aliphatic rings. The third kappa shape index (κ3) is 15.1. The molecule has 2 amide bonds. The quantitative estimate of drug-likeness (QED) is 0.0127. The van der Waals surface area contributed by atoms with Gasteiger partial charge in [0.1, 0.15) is 23.1 Å². The van der Waals surface area contributed by atoms with E-state index in [4.69, 9.17) is 16.9 Å². The topological polar surface area (TPSA) is 291 Å². The lowest BCUT2D eigenvalue weighted by Gasteiger charge is -2.26. The fraction of sp³-hybridized carbons (Fsp3) is 0.389. The molecular weight excluding hydrogens is 1260 g/mol. The summed E-state index contributed by atoms with van der Waals surface area (Å²) in [5, 5.41) is 11.4. The molecule has 0 fully saturated rings. The molecule has 500 valence electrons. The van der Waals surface area contributed by atoms with Crippen molar-refractivity contribution in [1.29, 1.82) is 0 Å². The highest BCUT2D eigenvalue weighted by Crippen LogP contribution is 2.52. The number of nitrogens with zero attached hydrogens (tertiary/aromatic N) is 6. The number of unbranched alkanes of at least 4 members (excludes halogenated alkanes) is 5. The van der Waals surface area contributed by atoms with Gasteiger partial charge in [-0.1, -0.05) is 51.7 Å². The van der Waals surface area contributed by atoms with Crippen LogP contribution in [0.25, 0.3) is 27.1 Å². The molecule has 1 atom stereocenters. The maximum absolute atomic E-state index is 13.7. The van der Waals surface area contributed by atoms with E-state index in [1.807, 2.05) is 95.3 Å². The first kappa shape index (κ1) is 69.8. The number of likely N-dealkylation sites (N-methyl/N-ethyl adjacent to an activating group) is 1. The highest BCUT2D eigenvalue weighted by molar-refractivity contribution is 7.87. The molecule has 95 heavy (non-hydrogen) atoms. The van der Waals surface area contributed by atoms with Crippen LogP contribution in [0.15, 0.2) is 130 Å². The molecule has 20 nitrogen and oxygen atoms in total. The zero-order chi connectivity index (χ0) is 68.4. The van der Waals surface area contributed by atoms with Crippen LogP contribution in [0.3, 0.4) is 0 Å². The van der Waals surface area contributed by atoms with Crippen molar-refractivity contribution >= 4 is 92.2 Å². The minimum Gasteiger partial charge on any atom is -0.370 e. The zero-order valence-electron chi connectivity index (χ0n) is 55.1. The van der Waals surface area contributed by atoms with Gasteiger partial charge in [-0.2, -0.15) is 29.8 Å². The van der Waals surface area contributed by atoms with Gasteiger partial charge in [0.15, 0.2) is 5.71 Å². The number of hydrogen-bond acceptors (Lipinski definition) is 14. The molecular formula is C72H84N9O11S3+. The van der Waals surface area contributed by atoms with Crippen LogP contribution < -0.4 is 20.9 Å². The molecule has 2 radical (unpaired) electrons. The van der Waals surface area contributed by atoms with Crippen LogP contribution in [-0.2, 0) is 65.4 Å². The van der Waals surface area contributed by atoms with Gasteiger partial charge in [-0.15, -0.1) is 0 Å². The Bertz CT molecular complexity index is 4640. The third-order valence-corrected chi connectivity index (χ3v) is 21.2. The number of aromatic nitrogens is 4. The maximum Gasteiger partial charge on any atom is 0.295 e. The minimum atomic E-state index is -4.97. The Hall–Kier alpha value is -8.06. The summed E-state index contributed by atoms with van der Waals surface area (Å²) >= 11 is 0. The predicted molar refractivity (Wildman–Crippen MR) is 370 cm³/mol. The van der Waals surface area contributed by atoms with E-state index in [1.54, 1.807) is 18.2 Å². The van der Waals surface area contributed by atoms with Crippen LogP contribution in [0.5, 0.6) is 0 Å². The molecule has 10 rings (SSSR count). The summed E-state index contributed by atoms with van der Waals surface area (Å²) in [4.78, 5) is 45.8. The van der Waals surface area contributed by atoms with Crippen molar-refractivity contribution < 1.29 is 53.1 Å². The lowest BCUT2D eigenvalue weighted by molar-refractivity contribution is -0.433. The SMILES string of the molecule is [CH][C@H](CCCCCCc1nc2c(cc1CNC(=O)CCCCCNC(=O)c1ccc(C(=C\C=C3\N(CC)c4ccc5c(S(=O)(=O)O)cc(S(=O)(=O)O)cc5c4C3(C)C)/C=C/C3=[N+](CC)c4ccc5c(C)cc(S(=O)(=O)O)cc5c4C3(C)C)nc1)CCCN2)c1cnc(C)nc1. The monoisotopic (exact) mass is 1350 g/mol. The molecule has 6 heterocycles. The van der Waals surface area contributed by atoms with E-state index in [-0.39, 0.29) is 33.4 Å². The second-order valence-electron chi connectivity index (χ2n) is 25.9. The Morgan fingerprint density at radius 3 is 2.14 bits per heavy atom. The molecule has 0 bridgehead atoms. The summed E-state index contributed by atoms with van der Waals surface area (Å²) in [6.07, 6.45) is 22.9. The molecule has 0 aliphatic carbocycles. The van der Waals surface area contributed by atoms with Gasteiger partial charge < -0.3 is 20.9 Å². The van der Waals surface area contributed by atoms with Crippen molar-refractivity contribution in [2.45, 2.75) is 170 Å². The van der Waals surface area contributed by atoms with Crippen molar-refractivity contribution in [3.05, 3.63) is 178 Å². The number of anilines is 2. The number of aryl methyl sites for hydroxylation is 4. The first-order valence-electron chi connectivity index (χ1n) is 32.5. The normalized spacial score (nSPS) is 16.1. The molecule has 0 saturated carbocycles. The smallest absolute Gasteiger partial charge is 0.295 e. The minimum absolute atomic E-state index is 0.0437. The van der Waals surface area contributed by atoms with Gasteiger partial charge in [-0.05, 0) is 210 Å². The van der Waals surface area contributed by atoms with E-state index in [9.17, 15) is 48.5 Å². The Kier molecular flexibility index (Phi) is 20.8. The molecule has 23 heteroatoms. The average Bonchev–Trinajstić information content (AvgIpc) is 1.61. The van der Waals surface area contributed by atoms with Crippen LogP contribution in [0.1, 0.15) is 173 Å². The number of carbonyl (C=O) groups is 2. The second-order valence-corrected chi connectivity index (χ2v) is 30.1. The molecule has 6 N–H and O–H groups in total. The van der Waals surface area contributed by atoms with Crippen molar-refractivity contribution in [3.63, 3.8) is 0 Å². The van der Waals surface area contributed by atoms with Gasteiger partial charge in [-0.3, -0.25) is 28.2 Å². The maximum atomic E-state index is 13.7. The number of carbonyl (C=O) groups excluding carboxylic acids is 2. The highest BCUT2D eigenvalue weighted by Gasteiger charge is 2.46. The summed E-state index contributed by atoms with van der Waals surface area (Å²) in [5.74, 6) is 1.21. The summed E-state index contributed by atoms with van der Waals surface area (Å²) in [7, 11) is -14.4. The largest absolute Gasteiger partial charge is 0.370 e. The van der Waals surface area contributed by atoms with E-state index >= 15 is 0 Å². The van der Waals surface area contributed by atoms with Gasteiger partial charge in [-0.25, -0.2) is 15.0 Å². The number of nitrogens with one attached hydrogen (secondary N) is 3. The lowest BCUT2D eigenvalue weighted by atomic mass is 9.78. The van der Waals surface area contributed by atoms with E-state index in [0.717, 1.165) is 120 Å². The number of rotatable bonds is 26. The van der Waals surface area contributed by atoms with Crippen LogP contribution in [0.4, 0.5) is 17.2 Å². The molecule has 3 aliphatic heterocycles. The zero-order valence-corrected chi connectivity index (χ0v) is 57.5. The molecule has 0 unspecified atom stereocenters. The number of amides is 2. The van der Waals surface area contributed by atoms with Gasteiger partial charge in [0.2, 0.25) is 11.6 Å². The number of pyridine rings is 2. The van der Waals surface area contributed by atoms with Crippen molar-refractivity contribution in [2.75, 3.05) is 36.4 Å². The highest BCUT2D eigenvalue weighted by atomic mass is 32.2. The lowest BCUT2D eigenvalue weighted by Crippen LogP contribution is -2.27. The average molecular weight is 1350 g/mol. The van der Waals surface area contributed by atoms with E-state index in [0.29, 0.717) is 90.9 Å². The van der Waals surface area contributed by atoms with E-state index < -0.39 is 51.0 Å². The molecule has 0 saturated heterocycles. The summed E-state index contributed by atoms with van der Waals surface area (Å²) in [6.45, 7) is 24.6. The Labute approximate surface area is 557 Å². The number of fused-ring (bicyclic) bond motifs is 7. The Morgan fingerprint density at radius 2 is 1.45 bits per heavy atom. The van der Waals surface area contributed by atoms with Crippen molar-refractivity contribution in [3.8, 4) is 0 Å². The number of allylic oxidation sites excluding steroid dienone is 6. The molecule has 0 spiro atoms. The second kappa shape index (κ2) is 28.3. The van der Waals surface area contributed by atoms with Gasteiger partial charge in [0.25, 0.3) is 36.3 Å². The van der Waals surface area contributed by atoms with Crippen molar-refractivity contribution in [2.24, 2.45) is 0 Å². The van der Waals surface area contributed by atoms with Gasteiger partial charge in [0.05, 0.1) is 26.5 Å². The number of hydrogen-bond donors (Lipinski definition) is 6. The number of benzene rings is 4. The predicted octanol–water partition coefficient (Wildman–Crippen LogP) is 12.6. The van der Waals surface area contributed by atoms with Crippen LogP contribution in [0, 0.1) is 20.8 Å². The van der Waals surface area contributed by atoms with E-state index in [1.165, 1.54) is 36.0 Å². The third-order valence-electron chi connectivity index (χ3n) is 18.6. The van der Waals surface area contributed by atoms with Crippen LogP contribution >= 0.6 is 0 Å². The Morgan fingerprint density at radius 1 is 0.758 bits per heavy atom. The fourth-order valence-corrected chi connectivity index (χ4v) is 15.7. The molecule has 3 aromatic heterocycles. The molecule has 7 aromatic rings. The summed E-state index contributed by atoms with van der Waals surface area (Å²) in [6, 6.07) is 17.8. The fourth-order valence-electron chi connectivity index (χ4n) is 13.7. The van der Waals surface area contributed by atoms with E-state index in [2.05, 4.69) is 50.4 Å². The first-order chi connectivity index (χ1) is 45.0.